The molecule has 0 aromatic heterocycles. The van der Waals surface area contributed by atoms with Crippen molar-refractivity contribution in [2.24, 2.45) is 5.73 Å². The first-order valence-corrected chi connectivity index (χ1v) is 6.61. The lowest BCUT2D eigenvalue weighted by Gasteiger charge is -2.34. The Morgan fingerprint density at radius 2 is 1.72 bits per heavy atom. The molecular weight excluding hydrogens is 220 g/mol. The molecule has 0 bridgehead atoms. The van der Waals surface area contributed by atoms with Crippen molar-refractivity contribution in [2.75, 3.05) is 13.1 Å². The third kappa shape index (κ3) is 4.63. The first kappa shape index (κ1) is 14.9. The molecule has 0 aliphatic carbocycles. The highest BCUT2D eigenvalue weighted by Gasteiger charge is 2.19. The molecule has 0 aliphatic rings. The van der Waals surface area contributed by atoms with Crippen molar-refractivity contribution in [1.29, 1.82) is 0 Å². The van der Waals surface area contributed by atoms with Crippen LogP contribution in [0, 0.1) is 0 Å². The Bertz CT molecular complexity index is 360. The molecule has 2 heteroatoms. The van der Waals surface area contributed by atoms with Gasteiger partial charge in [0.15, 0.2) is 0 Å². The van der Waals surface area contributed by atoms with Gasteiger partial charge in [-0.2, -0.15) is 0 Å². The highest BCUT2D eigenvalue weighted by atomic mass is 15.2. The van der Waals surface area contributed by atoms with Crippen LogP contribution in [0.1, 0.15) is 31.9 Å². The molecule has 1 aromatic rings. The lowest BCUT2D eigenvalue weighted by Crippen LogP contribution is -2.40. The van der Waals surface area contributed by atoms with Crippen LogP contribution < -0.4 is 5.73 Å². The molecule has 2 nitrogen and oxygen atoms in total. The van der Waals surface area contributed by atoms with Crippen LogP contribution in [-0.4, -0.2) is 23.5 Å². The molecule has 0 saturated heterocycles. The highest BCUT2D eigenvalue weighted by Crippen LogP contribution is 2.17. The van der Waals surface area contributed by atoms with E-state index in [9.17, 15) is 0 Å². The zero-order chi connectivity index (χ0) is 13.6. The van der Waals surface area contributed by atoms with Crippen molar-refractivity contribution in [3.05, 3.63) is 48.0 Å². The minimum Gasteiger partial charge on any atom is -0.330 e. The zero-order valence-corrected chi connectivity index (χ0v) is 11.9. The molecule has 0 saturated carbocycles. The van der Waals surface area contributed by atoms with Crippen molar-refractivity contribution in [3.63, 3.8) is 0 Å². The number of hydrogen-bond acceptors (Lipinski definition) is 2. The molecule has 100 valence electrons. The summed E-state index contributed by atoms with van der Waals surface area (Å²) in [6.07, 6.45) is 2.92. The molecule has 2 N–H and O–H groups in total. The fourth-order valence-corrected chi connectivity index (χ4v) is 1.93. The molecule has 1 aromatic carbocycles. The van der Waals surface area contributed by atoms with Crippen LogP contribution in [0.2, 0.25) is 0 Å². The van der Waals surface area contributed by atoms with E-state index in [1.807, 2.05) is 6.08 Å². The summed E-state index contributed by atoms with van der Waals surface area (Å²) in [7, 11) is 0. The molecule has 0 unspecified atom stereocenters. The second-order valence-electron chi connectivity index (χ2n) is 5.70. The predicted octanol–water partition coefficient (Wildman–Crippen LogP) is 2.97. The van der Waals surface area contributed by atoms with Crippen molar-refractivity contribution in [2.45, 2.75) is 39.3 Å². The van der Waals surface area contributed by atoms with Crippen LogP contribution >= 0.6 is 0 Å². The maximum absolute atomic E-state index is 5.56. The minimum atomic E-state index is 0.157. The summed E-state index contributed by atoms with van der Waals surface area (Å²) in [6, 6.07) is 8.76. The van der Waals surface area contributed by atoms with E-state index in [-0.39, 0.29) is 5.54 Å². The van der Waals surface area contributed by atoms with E-state index < -0.39 is 0 Å². The van der Waals surface area contributed by atoms with Gasteiger partial charge in [-0.05, 0) is 44.9 Å². The van der Waals surface area contributed by atoms with Gasteiger partial charge in [0.05, 0.1) is 0 Å². The first-order chi connectivity index (χ1) is 8.47. The summed E-state index contributed by atoms with van der Waals surface area (Å²) in [4.78, 5) is 2.41. The quantitative estimate of drug-likeness (QED) is 0.782. The molecule has 0 radical (unpaired) electrons. The zero-order valence-electron chi connectivity index (χ0n) is 11.9. The number of hydrogen-bond donors (Lipinski definition) is 1. The molecule has 0 amide bonds. The largest absolute Gasteiger partial charge is 0.330 e. The topological polar surface area (TPSA) is 29.3 Å². The van der Waals surface area contributed by atoms with Gasteiger partial charge in [-0.25, -0.2) is 0 Å². The monoisotopic (exact) mass is 246 g/mol. The lowest BCUT2D eigenvalue weighted by atomic mass is 10.0. The predicted molar refractivity (Wildman–Crippen MR) is 79.6 cm³/mol. The third-order valence-corrected chi connectivity index (χ3v) is 3.13. The van der Waals surface area contributed by atoms with Crippen molar-refractivity contribution >= 4 is 0 Å². The molecular formula is C16H26N2. The standard InChI is InChI=1S/C16H26N2/c1-5-12-18(16(2,3)4)13-15-8-6-14(7-9-15)10-11-17/h5-9H,1,10-13,17H2,2-4H3. The number of nitrogens with two attached hydrogens (primary N) is 1. The number of rotatable bonds is 6. The Balaban J connectivity index is 2.72. The van der Waals surface area contributed by atoms with E-state index in [0.29, 0.717) is 6.54 Å². The lowest BCUT2D eigenvalue weighted by molar-refractivity contribution is 0.145. The van der Waals surface area contributed by atoms with Crippen LogP contribution in [0.5, 0.6) is 0 Å². The molecule has 1 rings (SSSR count). The second-order valence-corrected chi connectivity index (χ2v) is 5.70. The second kappa shape index (κ2) is 6.72. The molecule has 0 spiro atoms. The van der Waals surface area contributed by atoms with Crippen LogP contribution in [0.25, 0.3) is 0 Å². The number of benzene rings is 1. The van der Waals surface area contributed by atoms with Gasteiger partial charge >= 0.3 is 0 Å². The van der Waals surface area contributed by atoms with Crippen molar-refractivity contribution < 1.29 is 0 Å². The molecule has 0 atom stereocenters. The van der Waals surface area contributed by atoms with Gasteiger partial charge < -0.3 is 5.73 Å². The van der Waals surface area contributed by atoms with E-state index in [1.165, 1.54) is 11.1 Å². The maximum Gasteiger partial charge on any atom is 0.0242 e. The van der Waals surface area contributed by atoms with Gasteiger partial charge in [0.25, 0.3) is 0 Å². The summed E-state index contributed by atoms with van der Waals surface area (Å²) < 4.78 is 0. The van der Waals surface area contributed by atoms with Gasteiger partial charge in [-0.1, -0.05) is 30.3 Å². The van der Waals surface area contributed by atoms with Crippen LogP contribution in [-0.2, 0) is 13.0 Å². The Hall–Kier alpha value is -1.12. The summed E-state index contributed by atoms with van der Waals surface area (Å²) in [5.74, 6) is 0. The first-order valence-electron chi connectivity index (χ1n) is 6.61. The third-order valence-electron chi connectivity index (χ3n) is 3.13. The Morgan fingerprint density at radius 3 is 2.17 bits per heavy atom. The van der Waals surface area contributed by atoms with Crippen molar-refractivity contribution in [3.8, 4) is 0 Å². The van der Waals surface area contributed by atoms with Crippen LogP contribution in [0.4, 0.5) is 0 Å². The summed E-state index contributed by atoms with van der Waals surface area (Å²) >= 11 is 0. The summed E-state index contributed by atoms with van der Waals surface area (Å²) in [6.45, 7) is 13.1. The van der Waals surface area contributed by atoms with Gasteiger partial charge in [0.2, 0.25) is 0 Å². The van der Waals surface area contributed by atoms with Crippen LogP contribution in [0.3, 0.4) is 0 Å². The fourth-order valence-electron chi connectivity index (χ4n) is 1.93. The average Bonchev–Trinajstić information content (AvgIpc) is 2.30. The SMILES string of the molecule is C=CCN(Cc1ccc(CCN)cc1)C(C)(C)C. The van der Waals surface area contributed by atoms with E-state index in [4.69, 9.17) is 5.73 Å². The van der Waals surface area contributed by atoms with Gasteiger partial charge in [0.1, 0.15) is 0 Å². The molecule has 0 fully saturated rings. The minimum absolute atomic E-state index is 0.157. The Labute approximate surface area is 111 Å². The molecule has 0 aliphatic heterocycles. The van der Waals surface area contributed by atoms with E-state index >= 15 is 0 Å². The Morgan fingerprint density at radius 1 is 1.17 bits per heavy atom. The van der Waals surface area contributed by atoms with Gasteiger partial charge in [-0.15, -0.1) is 6.58 Å². The van der Waals surface area contributed by atoms with Gasteiger partial charge in [0, 0.05) is 18.6 Å². The van der Waals surface area contributed by atoms with Gasteiger partial charge in [-0.3, -0.25) is 4.90 Å². The summed E-state index contributed by atoms with van der Waals surface area (Å²) in [5.41, 5.74) is 8.37. The highest BCUT2D eigenvalue weighted by molar-refractivity contribution is 5.23. The average molecular weight is 246 g/mol. The smallest absolute Gasteiger partial charge is 0.0242 e. The van der Waals surface area contributed by atoms with E-state index in [1.54, 1.807) is 0 Å². The summed E-state index contributed by atoms with van der Waals surface area (Å²) in [5, 5.41) is 0. The number of nitrogens with zero attached hydrogens (tertiary/aromatic N) is 1. The van der Waals surface area contributed by atoms with Crippen molar-refractivity contribution in [1.82, 2.24) is 4.90 Å². The van der Waals surface area contributed by atoms with Crippen LogP contribution in [0.15, 0.2) is 36.9 Å². The van der Waals surface area contributed by atoms with E-state index in [0.717, 1.165) is 19.5 Å². The Kier molecular flexibility index (Phi) is 5.57. The normalized spacial score (nSPS) is 11.8. The molecule has 18 heavy (non-hydrogen) atoms. The maximum atomic E-state index is 5.56. The van der Waals surface area contributed by atoms with E-state index in [2.05, 4.69) is 56.5 Å². The fraction of sp³-hybridized carbons (Fsp3) is 0.500. The molecule has 0 heterocycles.